The number of amides is 2. The van der Waals surface area contributed by atoms with Gasteiger partial charge < -0.3 is 9.80 Å². The van der Waals surface area contributed by atoms with Crippen LogP contribution in [0.15, 0.2) is 53.4 Å². The van der Waals surface area contributed by atoms with Crippen LogP contribution in [0.3, 0.4) is 0 Å². The third kappa shape index (κ3) is 4.31. The molecule has 6 nitrogen and oxygen atoms in total. The lowest BCUT2D eigenvalue weighted by molar-refractivity contribution is 0.0535. The van der Waals surface area contributed by atoms with Crippen molar-refractivity contribution in [2.24, 2.45) is 0 Å². The number of nitrogens with zero attached hydrogens (tertiary/aromatic N) is 2. The third-order valence-corrected chi connectivity index (χ3v) is 6.03. The smallest absolute Gasteiger partial charge is 0.254 e. The number of halogens is 1. The van der Waals surface area contributed by atoms with Gasteiger partial charge in [-0.3, -0.25) is 9.59 Å². The van der Waals surface area contributed by atoms with Gasteiger partial charge in [0.25, 0.3) is 11.8 Å². The molecule has 3 rings (SSSR count). The minimum absolute atomic E-state index is 0.0615. The third-order valence-electron chi connectivity index (χ3n) is 4.45. The minimum Gasteiger partial charge on any atom is -0.335 e. The van der Waals surface area contributed by atoms with Crippen molar-refractivity contribution < 1.29 is 18.0 Å². The Bertz CT molecular complexity index is 968. The summed E-state index contributed by atoms with van der Waals surface area (Å²) in [5, 5.41) is 0.0901. The fraction of sp³-hybridized carbons (Fsp3) is 0.263. The summed E-state index contributed by atoms with van der Waals surface area (Å²) in [6.45, 7) is 1.61. The van der Waals surface area contributed by atoms with E-state index in [1.165, 1.54) is 18.2 Å². The highest BCUT2D eigenvalue weighted by Gasteiger charge is 2.26. The SMILES string of the molecule is CS(=O)(=O)c1cc(C(=O)N2CCN(C(=O)c3ccccc3)CC2)ccc1Cl. The van der Waals surface area contributed by atoms with Crippen LogP contribution in [-0.4, -0.2) is 62.5 Å². The quantitative estimate of drug-likeness (QED) is 0.784. The van der Waals surface area contributed by atoms with E-state index in [9.17, 15) is 18.0 Å². The topological polar surface area (TPSA) is 74.8 Å². The number of hydrogen-bond acceptors (Lipinski definition) is 4. The number of carbonyl (C=O) groups is 2. The van der Waals surface area contributed by atoms with Crippen LogP contribution >= 0.6 is 11.6 Å². The molecule has 0 N–H and O–H groups in total. The monoisotopic (exact) mass is 406 g/mol. The highest BCUT2D eigenvalue weighted by atomic mass is 35.5. The van der Waals surface area contributed by atoms with Gasteiger partial charge in [0.1, 0.15) is 0 Å². The number of rotatable bonds is 3. The summed E-state index contributed by atoms with van der Waals surface area (Å²) >= 11 is 5.94. The second kappa shape index (κ2) is 7.70. The second-order valence-electron chi connectivity index (χ2n) is 6.37. The molecule has 8 heteroatoms. The Hall–Kier alpha value is -2.38. The molecule has 27 heavy (non-hydrogen) atoms. The molecule has 0 spiro atoms. The molecule has 0 aromatic heterocycles. The lowest BCUT2D eigenvalue weighted by Crippen LogP contribution is -2.50. The van der Waals surface area contributed by atoms with Gasteiger partial charge in [-0.25, -0.2) is 8.42 Å². The highest BCUT2D eigenvalue weighted by molar-refractivity contribution is 7.90. The van der Waals surface area contributed by atoms with Gasteiger partial charge >= 0.3 is 0 Å². The van der Waals surface area contributed by atoms with Crippen molar-refractivity contribution in [1.82, 2.24) is 9.80 Å². The summed E-state index contributed by atoms with van der Waals surface area (Å²) in [6, 6.07) is 13.2. The second-order valence-corrected chi connectivity index (χ2v) is 8.76. The van der Waals surface area contributed by atoms with Crippen molar-refractivity contribution in [2.45, 2.75) is 4.90 Å². The van der Waals surface area contributed by atoms with Crippen molar-refractivity contribution in [2.75, 3.05) is 32.4 Å². The van der Waals surface area contributed by atoms with Crippen LogP contribution in [0.4, 0.5) is 0 Å². The van der Waals surface area contributed by atoms with E-state index in [-0.39, 0.29) is 27.3 Å². The maximum atomic E-state index is 12.7. The van der Waals surface area contributed by atoms with Crippen molar-refractivity contribution in [3.63, 3.8) is 0 Å². The molecule has 2 amide bonds. The van der Waals surface area contributed by atoms with E-state index in [0.29, 0.717) is 31.7 Å². The molecule has 0 radical (unpaired) electrons. The Balaban J connectivity index is 1.70. The molecule has 0 atom stereocenters. The average molecular weight is 407 g/mol. The van der Waals surface area contributed by atoms with E-state index >= 15 is 0 Å². The molecule has 142 valence electrons. The van der Waals surface area contributed by atoms with Gasteiger partial charge in [-0.2, -0.15) is 0 Å². The van der Waals surface area contributed by atoms with Crippen molar-refractivity contribution >= 4 is 33.3 Å². The number of carbonyl (C=O) groups excluding carboxylic acids is 2. The zero-order valence-corrected chi connectivity index (χ0v) is 16.3. The molecule has 2 aromatic rings. The average Bonchev–Trinajstić information content (AvgIpc) is 2.67. The molecule has 0 saturated carbocycles. The predicted octanol–water partition coefficient (Wildman–Crippen LogP) is 2.34. The predicted molar refractivity (Wildman–Crippen MR) is 103 cm³/mol. The van der Waals surface area contributed by atoms with E-state index in [4.69, 9.17) is 11.6 Å². The Morgan fingerprint density at radius 1 is 0.852 bits per heavy atom. The number of benzene rings is 2. The molecule has 1 aliphatic heterocycles. The molecule has 2 aromatic carbocycles. The van der Waals surface area contributed by atoms with Gasteiger partial charge in [0.05, 0.1) is 9.92 Å². The van der Waals surface area contributed by atoms with Gasteiger partial charge in [0, 0.05) is 43.6 Å². The van der Waals surface area contributed by atoms with Gasteiger partial charge in [0.2, 0.25) is 0 Å². The number of hydrogen-bond donors (Lipinski definition) is 0. The molecule has 0 bridgehead atoms. The summed E-state index contributed by atoms with van der Waals surface area (Å²) in [5.41, 5.74) is 0.885. The molecule has 1 saturated heterocycles. The molecule has 0 unspecified atom stereocenters. The van der Waals surface area contributed by atoms with Crippen molar-refractivity contribution in [3.05, 3.63) is 64.7 Å². The lowest BCUT2D eigenvalue weighted by Gasteiger charge is -2.35. The minimum atomic E-state index is -3.53. The lowest BCUT2D eigenvalue weighted by atomic mass is 10.1. The summed E-state index contributed by atoms with van der Waals surface area (Å²) < 4.78 is 23.6. The van der Waals surface area contributed by atoms with E-state index in [1.54, 1.807) is 21.9 Å². The molecule has 1 fully saturated rings. The number of piperazine rings is 1. The Morgan fingerprint density at radius 2 is 1.37 bits per heavy atom. The zero-order valence-electron chi connectivity index (χ0n) is 14.8. The maximum Gasteiger partial charge on any atom is 0.254 e. The first-order chi connectivity index (χ1) is 12.8. The van der Waals surface area contributed by atoms with Gasteiger partial charge in [0.15, 0.2) is 9.84 Å². The first-order valence-electron chi connectivity index (χ1n) is 8.40. The largest absolute Gasteiger partial charge is 0.335 e. The van der Waals surface area contributed by atoms with Crippen molar-refractivity contribution in [3.8, 4) is 0 Å². The van der Waals surface area contributed by atoms with Crippen molar-refractivity contribution in [1.29, 1.82) is 0 Å². The van der Waals surface area contributed by atoms with Crippen LogP contribution in [0.5, 0.6) is 0 Å². The Kier molecular flexibility index (Phi) is 5.53. The summed E-state index contributed by atoms with van der Waals surface area (Å²) in [5.74, 6) is -0.336. The van der Waals surface area contributed by atoms with Crippen LogP contribution in [-0.2, 0) is 9.84 Å². The zero-order chi connectivity index (χ0) is 19.6. The van der Waals surface area contributed by atoms with Crippen LogP contribution in [0.1, 0.15) is 20.7 Å². The van der Waals surface area contributed by atoms with Crippen LogP contribution < -0.4 is 0 Å². The van der Waals surface area contributed by atoms with E-state index < -0.39 is 9.84 Å². The first kappa shape index (κ1) is 19.4. The summed E-state index contributed by atoms with van der Waals surface area (Å²) in [6.07, 6.45) is 1.05. The normalized spacial score (nSPS) is 14.9. The standard InChI is InChI=1S/C19H19ClN2O4S/c1-27(25,26)17-13-15(7-8-16(17)20)19(24)22-11-9-21(10-12-22)18(23)14-5-3-2-4-6-14/h2-8,13H,9-12H2,1H3. The van der Waals surface area contributed by atoms with Crippen LogP contribution in [0.2, 0.25) is 5.02 Å². The van der Waals surface area contributed by atoms with Gasteiger partial charge in [-0.05, 0) is 30.3 Å². The van der Waals surface area contributed by atoms with E-state index in [0.717, 1.165) is 6.26 Å². The first-order valence-corrected chi connectivity index (χ1v) is 10.7. The summed E-state index contributed by atoms with van der Waals surface area (Å²) in [7, 11) is -3.53. The molecular weight excluding hydrogens is 388 g/mol. The highest BCUT2D eigenvalue weighted by Crippen LogP contribution is 2.23. The van der Waals surface area contributed by atoms with E-state index in [2.05, 4.69) is 0 Å². The fourth-order valence-corrected chi connectivity index (χ4v) is 4.28. The maximum absolute atomic E-state index is 12.7. The molecule has 1 heterocycles. The van der Waals surface area contributed by atoms with E-state index in [1.807, 2.05) is 18.2 Å². The number of sulfone groups is 1. The molecule has 0 aliphatic carbocycles. The Morgan fingerprint density at radius 3 is 1.89 bits per heavy atom. The fourth-order valence-electron chi connectivity index (χ4n) is 2.98. The van der Waals surface area contributed by atoms with Gasteiger partial charge in [-0.1, -0.05) is 29.8 Å². The summed E-state index contributed by atoms with van der Waals surface area (Å²) in [4.78, 5) is 28.5. The van der Waals surface area contributed by atoms with Gasteiger partial charge in [-0.15, -0.1) is 0 Å². The Labute approximate surface area is 163 Å². The van der Waals surface area contributed by atoms with Crippen LogP contribution in [0.25, 0.3) is 0 Å². The molecule has 1 aliphatic rings. The van der Waals surface area contributed by atoms with Crippen LogP contribution in [0, 0.1) is 0 Å². The molecular formula is C19H19ClN2O4S.